The highest BCUT2D eigenvalue weighted by Gasteiger charge is 2.23. The number of hydrogen-bond donors (Lipinski definition) is 2. The van der Waals surface area contributed by atoms with Gasteiger partial charge in [0.1, 0.15) is 12.3 Å². The van der Waals surface area contributed by atoms with Gasteiger partial charge in [0, 0.05) is 5.56 Å². The van der Waals surface area contributed by atoms with E-state index >= 15 is 0 Å². The lowest BCUT2D eigenvalue weighted by molar-refractivity contribution is -0.115. The molecule has 0 radical (unpaired) electrons. The number of halogens is 1. The van der Waals surface area contributed by atoms with E-state index in [2.05, 4.69) is 39.3 Å². The van der Waals surface area contributed by atoms with E-state index in [0.29, 0.717) is 29.2 Å². The average molecular weight is 489 g/mol. The van der Waals surface area contributed by atoms with Crippen molar-refractivity contribution >= 4 is 40.6 Å². The summed E-state index contributed by atoms with van der Waals surface area (Å²) in [5.41, 5.74) is 2.18. The fourth-order valence-electron chi connectivity index (χ4n) is 2.63. The number of imide groups is 1. The Morgan fingerprint density at radius 3 is 2.64 bits per heavy atom. The Bertz CT molecular complexity index is 1010. The van der Waals surface area contributed by atoms with Crippen LogP contribution in [0.1, 0.15) is 23.6 Å². The number of carbonyl (C=O) groups excluding carboxylic acids is 2. The molecule has 2 N–H and O–H groups in total. The van der Waals surface area contributed by atoms with Gasteiger partial charge in [-0.2, -0.15) is 5.26 Å². The second-order valence-corrected chi connectivity index (χ2v) is 6.95. The Morgan fingerprint density at radius 2 is 1.96 bits per heavy atom. The summed E-state index contributed by atoms with van der Waals surface area (Å²) in [5, 5.41) is 13.8. The lowest BCUT2D eigenvalue weighted by atomic mass is 10.1. The van der Waals surface area contributed by atoms with Crippen molar-refractivity contribution in [2.75, 3.05) is 6.61 Å². The second kappa shape index (κ2) is 8.75. The van der Waals surface area contributed by atoms with Crippen molar-refractivity contribution < 1.29 is 19.1 Å². The molecule has 1 aliphatic heterocycles. The molecule has 7 nitrogen and oxygen atoms in total. The number of hydrogen-bond acceptors (Lipinski definition) is 5. The van der Waals surface area contributed by atoms with Crippen LogP contribution >= 0.6 is 22.6 Å². The third-order valence-corrected chi connectivity index (χ3v) is 4.67. The van der Waals surface area contributed by atoms with Crippen molar-refractivity contribution in [2.45, 2.75) is 13.5 Å². The minimum atomic E-state index is -0.549. The first-order chi connectivity index (χ1) is 13.5. The van der Waals surface area contributed by atoms with Crippen LogP contribution in [0.5, 0.6) is 11.5 Å². The minimum Gasteiger partial charge on any atom is -0.490 e. The molecule has 1 heterocycles. The van der Waals surface area contributed by atoms with Crippen LogP contribution in [-0.4, -0.2) is 18.5 Å². The fourth-order valence-corrected chi connectivity index (χ4v) is 3.41. The van der Waals surface area contributed by atoms with E-state index in [9.17, 15) is 14.9 Å². The minimum absolute atomic E-state index is 0.167. The SMILES string of the molecule is CCOc1cc(/C=C2/NC(=O)NC2=O)cc(I)c1OCc1ccccc1C#N. The topological polar surface area (TPSA) is 100 Å². The van der Waals surface area contributed by atoms with Gasteiger partial charge in [-0.05, 0) is 59.4 Å². The molecule has 0 saturated carbocycles. The van der Waals surface area contributed by atoms with E-state index in [4.69, 9.17) is 9.47 Å². The molecule has 0 aliphatic carbocycles. The molecule has 2 aromatic carbocycles. The van der Waals surface area contributed by atoms with Gasteiger partial charge in [0.2, 0.25) is 0 Å². The Balaban J connectivity index is 1.89. The summed E-state index contributed by atoms with van der Waals surface area (Å²) in [4.78, 5) is 23.0. The predicted molar refractivity (Wildman–Crippen MR) is 110 cm³/mol. The molecule has 0 atom stereocenters. The first-order valence-electron chi connectivity index (χ1n) is 8.43. The highest BCUT2D eigenvalue weighted by Crippen LogP contribution is 2.35. The summed E-state index contributed by atoms with van der Waals surface area (Å²) in [6.07, 6.45) is 1.57. The van der Waals surface area contributed by atoms with Crippen LogP contribution in [0.4, 0.5) is 4.79 Å². The van der Waals surface area contributed by atoms with E-state index in [0.717, 1.165) is 9.13 Å². The lowest BCUT2D eigenvalue weighted by Crippen LogP contribution is -2.22. The van der Waals surface area contributed by atoms with E-state index in [1.165, 1.54) is 0 Å². The van der Waals surface area contributed by atoms with Gasteiger partial charge in [-0.1, -0.05) is 18.2 Å². The maximum Gasteiger partial charge on any atom is 0.326 e. The number of amides is 3. The second-order valence-electron chi connectivity index (χ2n) is 5.79. The number of nitrogens with zero attached hydrogens (tertiary/aromatic N) is 1. The number of nitriles is 1. The van der Waals surface area contributed by atoms with Gasteiger partial charge in [-0.25, -0.2) is 4.79 Å². The number of benzene rings is 2. The molecule has 142 valence electrons. The molecule has 28 heavy (non-hydrogen) atoms. The van der Waals surface area contributed by atoms with Crippen LogP contribution < -0.4 is 20.1 Å². The maximum atomic E-state index is 11.7. The van der Waals surface area contributed by atoms with Gasteiger partial charge in [0.15, 0.2) is 11.5 Å². The third-order valence-electron chi connectivity index (χ3n) is 3.87. The number of urea groups is 1. The molecule has 0 aromatic heterocycles. The van der Waals surface area contributed by atoms with Crippen molar-refractivity contribution in [2.24, 2.45) is 0 Å². The molecular formula is C20H16IN3O4. The first kappa shape index (κ1) is 19.7. The van der Waals surface area contributed by atoms with Gasteiger partial charge >= 0.3 is 6.03 Å². The molecule has 0 bridgehead atoms. The summed E-state index contributed by atoms with van der Waals surface area (Å²) in [7, 11) is 0. The standard InChI is InChI=1S/C20H16IN3O4/c1-2-27-17-9-12(8-16-19(25)24-20(26)23-16)7-15(21)18(17)28-11-14-6-4-3-5-13(14)10-22/h3-9H,2,11H2,1H3,(H2,23,24,25,26)/b16-8+. The molecule has 1 fully saturated rings. The molecule has 0 spiro atoms. The van der Waals surface area contributed by atoms with Gasteiger partial charge in [0.25, 0.3) is 5.91 Å². The first-order valence-corrected chi connectivity index (χ1v) is 9.51. The summed E-state index contributed by atoms with van der Waals surface area (Å²) in [6, 6.07) is 12.4. The smallest absolute Gasteiger partial charge is 0.326 e. The zero-order valence-electron chi connectivity index (χ0n) is 14.9. The molecule has 3 amide bonds. The highest BCUT2D eigenvalue weighted by atomic mass is 127. The zero-order valence-corrected chi connectivity index (χ0v) is 17.1. The monoisotopic (exact) mass is 489 g/mol. The number of ether oxygens (including phenoxy) is 2. The van der Waals surface area contributed by atoms with Crippen LogP contribution in [-0.2, 0) is 11.4 Å². The maximum absolute atomic E-state index is 11.7. The third kappa shape index (κ3) is 4.43. The molecule has 0 unspecified atom stereocenters. The quantitative estimate of drug-likeness (QED) is 0.369. The zero-order chi connectivity index (χ0) is 20.1. The Hall–Kier alpha value is -3.06. The summed E-state index contributed by atoms with van der Waals surface area (Å²) in [5.74, 6) is 0.587. The van der Waals surface area contributed by atoms with Crippen molar-refractivity contribution in [1.29, 1.82) is 5.26 Å². The summed E-state index contributed by atoms with van der Waals surface area (Å²) >= 11 is 2.12. The van der Waals surface area contributed by atoms with Crippen molar-refractivity contribution in [3.05, 3.63) is 62.4 Å². The van der Waals surface area contributed by atoms with E-state index < -0.39 is 11.9 Å². The Labute approximate surface area is 175 Å². The van der Waals surface area contributed by atoms with E-state index in [1.54, 1.807) is 24.3 Å². The van der Waals surface area contributed by atoms with Gasteiger partial charge < -0.3 is 14.8 Å². The number of nitrogens with one attached hydrogen (secondary N) is 2. The molecule has 1 aliphatic rings. The van der Waals surface area contributed by atoms with Crippen LogP contribution in [0.25, 0.3) is 6.08 Å². The van der Waals surface area contributed by atoms with Gasteiger partial charge in [-0.3, -0.25) is 10.1 Å². The molecule has 2 aromatic rings. The normalized spacial score (nSPS) is 14.4. The Kier molecular flexibility index (Phi) is 6.16. The lowest BCUT2D eigenvalue weighted by Gasteiger charge is -2.15. The summed E-state index contributed by atoms with van der Waals surface area (Å²) < 4.78 is 12.4. The molecular weight excluding hydrogens is 473 g/mol. The highest BCUT2D eigenvalue weighted by molar-refractivity contribution is 14.1. The number of carbonyl (C=O) groups is 2. The van der Waals surface area contributed by atoms with Crippen LogP contribution in [0.15, 0.2) is 42.1 Å². The Morgan fingerprint density at radius 1 is 1.18 bits per heavy atom. The molecule has 8 heteroatoms. The largest absolute Gasteiger partial charge is 0.490 e. The van der Waals surface area contributed by atoms with Crippen molar-refractivity contribution in [1.82, 2.24) is 10.6 Å². The predicted octanol–water partition coefficient (Wildman–Crippen LogP) is 3.32. The van der Waals surface area contributed by atoms with Crippen LogP contribution in [0, 0.1) is 14.9 Å². The van der Waals surface area contributed by atoms with Crippen LogP contribution in [0.3, 0.4) is 0 Å². The molecule has 1 saturated heterocycles. The van der Waals surface area contributed by atoms with E-state index in [1.807, 2.05) is 25.1 Å². The van der Waals surface area contributed by atoms with Gasteiger partial charge in [0.05, 0.1) is 21.8 Å². The van der Waals surface area contributed by atoms with Crippen LogP contribution in [0.2, 0.25) is 0 Å². The van der Waals surface area contributed by atoms with Crippen molar-refractivity contribution in [3.8, 4) is 17.6 Å². The van der Waals surface area contributed by atoms with E-state index in [-0.39, 0.29) is 12.3 Å². The number of rotatable bonds is 6. The van der Waals surface area contributed by atoms with Crippen molar-refractivity contribution in [3.63, 3.8) is 0 Å². The molecule has 3 rings (SSSR count). The summed E-state index contributed by atoms with van der Waals surface area (Å²) in [6.45, 7) is 2.51. The fraction of sp³-hybridized carbons (Fsp3) is 0.150. The van der Waals surface area contributed by atoms with Gasteiger partial charge in [-0.15, -0.1) is 0 Å². The average Bonchev–Trinajstić information content (AvgIpc) is 2.98.